The second kappa shape index (κ2) is 7.01. The first kappa shape index (κ1) is 16.3. The van der Waals surface area contributed by atoms with E-state index in [4.69, 9.17) is 9.57 Å². The molecule has 2 amide bonds. The number of hydrogen-bond acceptors (Lipinski definition) is 6. The third-order valence-electron chi connectivity index (χ3n) is 4.44. The van der Waals surface area contributed by atoms with Crippen LogP contribution in [0.15, 0.2) is 61.0 Å². The monoisotopic (exact) mass is 353 g/mol. The third kappa shape index (κ3) is 3.60. The summed E-state index contributed by atoms with van der Waals surface area (Å²) in [5.74, 6) is 1.05. The number of para-hydroxylation sites is 1. The minimum Gasteiger partial charge on any atom is -0.436 e. The van der Waals surface area contributed by atoms with Crippen molar-refractivity contribution in [3.05, 3.63) is 61.0 Å². The number of nitrogens with zero attached hydrogens (tertiary/aromatic N) is 3. The van der Waals surface area contributed by atoms with Gasteiger partial charge in [-0.1, -0.05) is 18.2 Å². The van der Waals surface area contributed by atoms with Crippen molar-refractivity contribution in [1.29, 1.82) is 0 Å². The number of urea groups is 1. The van der Waals surface area contributed by atoms with Gasteiger partial charge in [0.2, 0.25) is 5.88 Å². The van der Waals surface area contributed by atoms with Crippen molar-refractivity contribution in [2.24, 2.45) is 0 Å². The third-order valence-corrected chi connectivity index (χ3v) is 4.44. The standard InChI is InChI=1S/C18H19N5O3/c24-17(21-14-4-2-1-3-5-14)23-8-6-18(7-9-23)10-16(22-26-18)25-15-11-19-13-20-12-15/h1-5,10-13,22H,6-9H2,(H,21,24). The van der Waals surface area contributed by atoms with Crippen molar-refractivity contribution in [2.45, 2.75) is 18.4 Å². The van der Waals surface area contributed by atoms with Crippen LogP contribution in [0.5, 0.6) is 5.75 Å². The Morgan fingerprint density at radius 1 is 1.19 bits per heavy atom. The molecule has 2 aliphatic heterocycles. The Kier molecular flexibility index (Phi) is 4.40. The lowest BCUT2D eigenvalue weighted by Gasteiger charge is -2.36. The van der Waals surface area contributed by atoms with Crippen molar-refractivity contribution >= 4 is 11.7 Å². The Hall–Kier alpha value is -3.13. The van der Waals surface area contributed by atoms with Crippen molar-refractivity contribution in [3.63, 3.8) is 0 Å². The van der Waals surface area contributed by atoms with Gasteiger partial charge in [0, 0.05) is 37.7 Å². The first-order valence-corrected chi connectivity index (χ1v) is 8.43. The van der Waals surface area contributed by atoms with E-state index in [-0.39, 0.29) is 6.03 Å². The van der Waals surface area contributed by atoms with Crippen LogP contribution in [0.4, 0.5) is 10.5 Å². The van der Waals surface area contributed by atoms with Gasteiger partial charge in [-0.05, 0) is 12.1 Å². The van der Waals surface area contributed by atoms with Gasteiger partial charge >= 0.3 is 6.03 Å². The highest BCUT2D eigenvalue weighted by Crippen LogP contribution is 2.32. The van der Waals surface area contributed by atoms with Crippen LogP contribution in [-0.4, -0.2) is 39.6 Å². The predicted octanol–water partition coefficient (Wildman–Crippen LogP) is 2.30. The number of carbonyl (C=O) groups excluding carboxylic acids is 1. The predicted molar refractivity (Wildman–Crippen MR) is 94.0 cm³/mol. The van der Waals surface area contributed by atoms with Gasteiger partial charge in [0.15, 0.2) is 5.75 Å². The molecule has 26 heavy (non-hydrogen) atoms. The lowest BCUT2D eigenvalue weighted by atomic mass is 9.92. The molecule has 8 heteroatoms. The summed E-state index contributed by atoms with van der Waals surface area (Å²) in [6.45, 7) is 1.19. The van der Waals surface area contributed by atoms with Gasteiger partial charge in [-0.2, -0.15) is 0 Å². The zero-order chi connectivity index (χ0) is 17.8. The average Bonchev–Trinajstić information content (AvgIpc) is 3.06. The van der Waals surface area contributed by atoms with Crippen LogP contribution in [0.1, 0.15) is 12.8 Å². The number of amides is 2. The number of carbonyl (C=O) groups is 1. The van der Waals surface area contributed by atoms with Gasteiger partial charge in [-0.25, -0.2) is 20.2 Å². The zero-order valence-electron chi connectivity index (χ0n) is 14.1. The molecule has 0 unspecified atom stereocenters. The number of anilines is 1. The van der Waals surface area contributed by atoms with E-state index in [9.17, 15) is 4.79 Å². The molecule has 134 valence electrons. The summed E-state index contributed by atoms with van der Waals surface area (Å²) in [6, 6.07) is 9.34. The van der Waals surface area contributed by atoms with E-state index in [0.717, 1.165) is 5.69 Å². The summed E-state index contributed by atoms with van der Waals surface area (Å²) in [6.07, 6.45) is 7.89. The summed E-state index contributed by atoms with van der Waals surface area (Å²) < 4.78 is 5.66. The van der Waals surface area contributed by atoms with E-state index >= 15 is 0 Å². The largest absolute Gasteiger partial charge is 0.436 e. The molecule has 1 aromatic carbocycles. The molecular formula is C18H19N5O3. The van der Waals surface area contributed by atoms with Crippen molar-refractivity contribution in [2.75, 3.05) is 18.4 Å². The molecule has 0 radical (unpaired) electrons. The highest BCUT2D eigenvalue weighted by Gasteiger charge is 2.40. The van der Waals surface area contributed by atoms with E-state index in [0.29, 0.717) is 37.6 Å². The molecule has 0 bridgehead atoms. The first-order valence-electron chi connectivity index (χ1n) is 8.43. The van der Waals surface area contributed by atoms with Gasteiger partial charge in [0.05, 0.1) is 12.4 Å². The smallest absolute Gasteiger partial charge is 0.321 e. The Morgan fingerprint density at radius 3 is 2.65 bits per heavy atom. The fourth-order valence-corrected chi connectivity index (χ4v) is 3.02. The van der Waals surface area contributed by atoms with Crippen LogP contribution >= 0.6 is 0 Å². The maximum Gasteiger partial charge on any atom is 0.321 e. The molecule has 1 aromatic heterocycles. The van der Waals surface area contributed by atoms with Gasteiger partial charge in [-0.15, -0.1) is 0 Å². The van der Waals surface area contributed by atoms with Crippen molar-refractivity contribution in [3.8, 4) is 5.75 Å². The SMILES string of the molecule is O=C(Nc1ccccc1)N1CCC2(C=C(Oc3cncnc3)NO2)CC1. The molecule has 2 N–H and O–H groups in total. The van der Waals surface area contributed by atoms with E-state index < -0.39 is 5.60 Å². The lowest BCUT2D eigenvalue weighted by molar-refractivity contribution is -0.0739. The number of rotatable bonds is 3. The maximum absolute atomic E-state index is 12.4. The first-order chi connectivity index (χ1) is 12.7. The fourth-order valence-electron chi connectivity index (χ4n) is 3.02. The minimum atomic E-state index is -0.464. The molecule has 2 aromatic rings. The number of benzene rings is 1. The van der Waals surface area contributed by atoms with Crippen LogP contribution in [0.3, 0.4) is 0 Å². The van der Waals surface area contributed by atoms with E-state index in [1.54, 1.807) is 17.3 Å². The van der Waals surface area contributed by atoms with E-state index in [1.165, 1.54) is 6.33 Å². The van der Waals surface area contributed by atoms with Crippen LogP contribution in [0.25, 0.3) is 0 Å². The number of nitrogens with one attached hydrogen (secondary N) is 2. The normalized spacial score (nSPS) is 18.2. The molecule has 2 aliphatic rings. The minimum absolute atomic E-state index is 0.0982. The fraction of sp³-hybridized carbons (Fsp3) is 0.278. The molecule has 0 saturated carbocycles. The molecule has 1 fully saturated rings. The van der Waals surface area contributed by atoms with Crippen molar-refractivity contribution < 1.29 is 14.4 Å². The number of aromatic nitrogens is 2. The number of hydroxylamine groups is 1. The zero-order valence-corrected chi connectivity index (χ0v) is 14.1. The second-order valence-electron chi connectivity index (χ2n) is 6.24. The van der Waals surface area contributed by atoms with Gasteiger partial charge in [-0.3, -0.25) is 4.84 Å². The van der Waals surface area contributed by atoms with Gasteiger partial charge < -0.3 is 15.0 Å². The Bertz CT molecular complexity index is 789. The van der Waals surface area contributed by atoms with Gasteiger partial charge in [0.1, 0.15) is 11.9 Å². The van der Waals surface area contributed by atoms with Gasteiger partial charge in [0.25, 0.3) is 0 Å². The van der Waals surface area contributed by atoms with E-state index in [1.807, 2.05) is 36.4 Å². The molecular weight excluding hydrogens is 334 g/mol. The summed E-state index contributed by atoms with van der Waals surface area (Å²) in [5.41, 5.74) is 3.14. The van der Waals surface area contributed by atoms with Crippen LogP contribution in [-0.2, 0) is 4.84 Å². The van der Waals surface area contributed by atoms with Crippen molar-refractivity contribution in [1.82, 2.24) is 20.3 Å². The topological polar surface area (TPSA) is 88.6 Å². The summed E-state index contributed by atoms with van der Waals surface area (Å²) >= 11 is 0. The molecule has 3 heterocycles. The summed E-state index contributed by atoms with van der Waals surface area (Å²) in [5, 5.41) is 2.91. The van der Waals surface area contributed by atoms with Crippen LogP contribution < -0.4 is 15.5 Å². The molecule has 8 nitrogen and oxygen atoms in total. The number of ether oxygens (including phenoxy) is 1. The highest BCUT2D eigenvalue weighted by molar-refractivity contribution is 5.89. The molecule has 4 rings (SSSR count). The molecule has 0 atom stereocenters. The number of hydrogen-bond donors (Lipinski definition) is 2. The quantitative estimate of drug-likeness (QED) is 0.880. The average molecular weight is 353 g/mol. The summed E-state index contributed by atoms with van der Waals surface area (Å²) in [4.78, 5) is 27.7. The van der Waals surface area contributed by atoms with Crippen LogP contribution in [0.2, 0.25) is 0 Å². The Morgan fingerprint density at radius 2 is 1.92 bits per heavy atom. The molecule has 0 aliphatic carbocycles. The van der Waals surface area contributed by atoms with Crippen LogP contribution in [0, 0.1) is 0 Å². The molecule has 1 spiro atoms. The number of piperidine rings is 1. The lowest BCUT2D eigenvalue weighted by Crippen LogP contribution is -2.48. The number of likely N-dealkylation sites (tertiary alicyclic amines) is 1. The second-order valence-corrected chi connectivity index (χ2v) is 6.24. The highest BCUT2D eigenvalue weighted by atomic mass is 16.7. The summed E-state index contributed by atoms with van der Waals surface area (Å²) in [7, 11) is 0. The van der Waals surface area contributed by atoms with E-state index in [2.05, 4.69) is 20.8 Å². The Labute approximate surface area is 150 Å². The maximum atomic E-state index is 12.4. The molecule has 1 saturated heterocycles. The Balaban J connectivity index is 1.34.